The summed E-state index contributed by atoms with van der Waals surface area (Å²) in [6.07, 6.45) is 3.45. The third kappa shape index (κ3) is 4.43. The van der Waals surface area contributed by atoms with Crippen LogP contribution in [0.5, 0.6) is 0 Å². The van der Waals surface area contributed by atoms with E-state index in [1.54, 1.807) is 10.7 Å². The molecule has 158 valence electrons. The summed E-state index contributed by atoms with van der Waals surface area (Å²) in [6.45, 7) is 7.41. The summed E-state index contributed by atoms with van der Waals surface area (Å²) in [6, 6.07) is 18.4. The van der Waals surface area contributed by atoms with Crippen molar-refractivity contribution in [1.82, 2.24) is 19.9 Å². The normalized spacial score (nSPS) is 11.1. The molecule has 0 aliphatic heterocycles. The van der Waals surface area contributed by atoms with Crippen molar-refractivity contribution in [1.29, 1.82) is 0 Å². The average Bonchev–Trinajstić information content (AvgIpc) is 3.22. The molecular weight excluding hydrogens is 386 g/mol. The van der Waals surface area contributed by atoms with Gasteiger partial charge in [-0.05, 0) is 36.1 Å². The van der Waals surface area contributed by atoms with Gasteiger partial charge in [-0.15, -0.1) is 0 Å². The number of carbonyl (C=O) groups excluding carboxylic acids is 1. The quantitative estimate of drug-likeness (QED) is 0.432. The Morgan fingerprint density at radius 3 is 2.45 bits per heavy atom. The molecule has 0 aliphatic rings. The van der Waals surface area contributed by atoms with Gasteiger partial charge in [0.15, 0.2) is 5.65 Å². The second-order valence-corrected chi connectivity index (χ2v) is 7.88. The minimum Gasteiger partial charge on any atom is -0.383 e. The highest BCUT2D eigenvalue weighted by molar-refractivity contribution is 5.95. The first kappa shape index (κ1) is 20.6. The Balaban J connectivity index is 1.47. The standard InChI is InChI=1S/C25H27N5O/c1-17(2)19-9-11-20(12-10-19)23-16-29-30-18(3)22(15-28-24(23)30)25(31)27-14-13-26-21-7-5-4-6-8-21/h4-12,15-17,26H,13-14H2,1-3H3,(H,27,31). The summed E-state index contributed by atoms with van der Waals surface area (Å²) < 4.78 is 1.74. The Morgan fingerprint density at radius 2 is 1.74 bits per heavy atom. The number of hydrogen-bond donors (Lipinski definition) is 2. The second-order valence-electron chi connectivity index (χ2n) is 7.88. The lowest BCUT2D eigenvalue weighted by Gasteiger charge is -2.10. The van der Waals surface area contributed by atoms with Gasteiger partial charge in [-0.2, -0.15) is 5.10 Å². The molecule has 1 amide bonds. The molecule has 4 aromatic rings. The maximum atomic E-state index is 12.7. The molecule has 0 aliphatic carbocycles. The van der Waals surface area contributed by atoms with Crippen LogP contribution in [0.3, 0.4) is 0 Å². The number of para-hydroxylation sites is 1. The summed E-state index contributed by atoms with van der Waals surface area (Å²) in [5.74, 6) is 0.336. The average molecular weight is 414 g/mol. The van der Waals surface area contributed by atoms with Crippen LogP contribution < -0.4 is 10.6 Å². The fourth-order valence-electron chi connectivity index (χ4n) is 3.55. The highest BCUT2D eigenvalue weighted by Gasteiger charge is 2.16. The van der Waals surface area contributed by atoms with Crippen molar-refractivity contribution in [2.45, 2.75) is 26.7 Å². The minimum atomic E-state index is -0.153. The third-order valence-corrected chi connectivity index (χ3v) is 5.41. The summed E-state index contributed by atoms with van der Waals surface area (Å²) in [5.41, 5.74) is 6.39. The molecule has 0 unspecified atom stereocenters. The van der Waals surface area contributed by atoms with Gasteiger partial charge in [0.2, 0.25) is 0 Å². The van der Waals surface area contributed by atoms with Gasteiger partial charge in [-0.25, -0.2) is 9.50 Å². The lowest BCUT2D eigenvalue weighted by atomic mass is 10.00. The van der Waals surface area contributed by atoms with Crippen molar-refractivity contribution in [3.05, 3.63) is 83.8 Å². The molecule has 2 aromatic heterocycles. The Bertz CT molecular complexity index is 1180. The maximum absolute atomic E-state index is 12.7. The fraction of sp³-hybridized carbons (Fsp3) is 0.240. The van der Waals surface area contributed by atoms with Gasteiger partial charge >= 0.3 is 0 Å². The van der Waals surface area contributed by atoms with Crippen molar-refractivity contribution in [3.63, 3.8) is 0 Å². The predicted molar refractivity (Wildman–Crippen MR) is 125 cm³/mol. The topological polar surface area (TPSA) is 71.3 Å². The lowest BCUT2D eigenvalue weighted by Crippen LogP contribution is -2.29. The van der Waals surface area contributed by atoms with Gasteiger partial charge in [-0.1, -0.05) is 56.3 Å². The molecule has 0 saturated heterocycles. The van der Waals surface area contributed by atoms with Crippen molar-refractivity contribution in [2.75, 3.05) is 18.4 Å². The van der Waals surface area contributed by atoms with E-state index in [1.165, 1.54) is 5.56 Å². The van der Waals surface area contributed by atoms with Gasteiger partial charge in [0, 0.05) is 30.5 Å². The van der Waals surface area contributed by atoms with Crippen molar-refractivity contribution in [2.24, 2.45) is 0 Å². The molecular formula is C25H27N5O. The highest BCUT2D eigenvalue weighted by Crippen LogP contribution is 2.26. The molecule has 0 spiro atoms. The Labute approximate surface area is 182 Å². The Kier molecular flexibility index (Phi) is 5.98. The number of anilines is 1. The maximum Gasteiger partial charge on any atom is 0.254 e. The molecule has 0 bridgehead atoms. The van der Waals surface area contributed by atoms with E-state index in [1.807, 2.05) is 43.5 Å². The van der Waals surface area contributed by atoms with Gasteiger partial charge < -0.3 is 10.6 Å². The number of carbonyl (C=O) groups is 1. The number of amides is 1. The van der Waals surface area contributed by atoms with E-state index in [0.717, 1.165) is 28.2 Å². The second kappa shape index (κ2) is 9.00. The molecule has 6 heteroatoms. The van der Waals surface area contributed by atoms with Crippen LogP contribution in [0.1, 0.15) is 41.4 Å². The van der Waals surface area contributed by atoms with E-state index in [-0.39, 0.29) is 5.91 Å². The number of nitrogens with zero attached hydrogens (tertiary/aromatic N) is 3. The molecule has 0 saturated carbocycles. The van der Waals surface area contributed by atoms with E-state index < -0.39 is 0 Å². The van der Waals surface area contributed by atoms with Crippen LogP contribution in [-0.2, 0) is 0 Å². The molecule has 2 heterocycles. The Hall–Kier alpha value is -3.67. The van der Waals surface area contributed by atoms with E-state index >= 15 is 0 Å². The van der Waals surface area contributed by atoms with Crippen LogP contribution in [0.2, 0.25) is 0 Å². The number of rotatable bonds is 7. The van der Waals surface area contributed by atoms with E-state index in [0.29, 0.717) is 24.6 Å². The zero-order chi connectivity index (χ0) is 21.8. The third-order valence-electron chi connectivity index (χ3n) is 5.41. The summed E-state index contributed by atoms with van der Waals surface area (Å²) >= 11 is 0. The zero-order valence-electron chi connectivity index (χ0n) is 18.1. The summed E-state index contributed by atoms with van der Waals surface area (Å²) in [4.78, 5) is 17.2. The van der Waals surface area contributed by atoms with Gasteiger partial charge in [0.1, 0.15) is 0 Å². The fourth-order valence-corrected chi connectivity index (χ4v) is 3.55. The first-order valence-corrected chi connectivity index (χ1v) is 10.6. The highest BCUT2D eigenvalue weighted by atomic mass is 16.1. The predicted octanol–water partition coefficient (Wildman–Crippen LogP) is 4.67. The van der Waals surface area contributed by atoms with Crippen LogP contribution in [0.15, 0.2) is 67.0 Å². The molecule has 31 heavy (non-hydrogen) atoms. The van der Waals surface area contributed by atoms with Crippen LogP contribution >= 0.6 is 0 Å². The SMILES string of the molecule is Cc1c(C(=O)NCCNc2ccccc2)cnc2c(-c3ccc(C(C)C)cc3)cnn12. The number of aromatic nitrogens is 3. The largest absolute Gasteiger partial charge is 0.383 e. The van der Waals surface area contributed by atoms with Gasteiger partial charge in [0.25, 0.3) is 5.91 Å². The van der Waals surface area contributed by atoms with Crippen LogP contribution in [-0.4, -0.2) is 33.6 Å². The van der Waals surface area contributed by atoms with Crippen molar-refractivity contribution in [3.8, 4) is 11.1 Å². The first-order valence-electron chi connectivity index (χ1n) is 10.6. The molecule has 2 aromatic carbocycles. The van der Waals surface area contributed by atoms with E-state index in [9.17, 15) is 4.79 Å². The number of aryl methyl sites for hydroxylation is 1. The number of hydrogen-bond acceptors (Lipinski definition) is 4. The monoisotopic (exact) mass is 413 g/mol. The van der Waals surface area contributed by atoms with E-state index in [2.05, 4.69) is 58.8 Å². The van der Waals surface area contributed by atoms with Crippen LogP contribution in [0.4, 0.5) is 5.69 Å². The summed E-state index contributed by atoms with van der Waals surface area (Å²) in [7, 11) is 0. The number of benzene rings is 2. The smallest absolute Gasteiger partial charge is 0.254 e. The molecule has 6 nitrogen and oxygen atoms in total. The van der Waals surface area contributed by atoms with Crippen molar-refractivity contribution < 1.29 is 4.79 Å². The van der Waals surface area contributed by atoms with Gasteiger partial charge in [-0.3, -0.25) is 4.79 Å². The molecule has 0 fully saturated rings. The number of fused-ring (bicyclic) bond motifs is 1. The lowest BCUT2D eigenvalue weighted by molar-refractivity contribution is 0.0953. The molecule has 0 atom stereocenters. The van der Waals surface area contributed by atoms with Crippen LogP contribution in [0, 0.1) is 6.92 Å². The minimum absolute atomic E-state index is 0.153. The molecule has 2 N–H and O–H groups in total. The van der Waals surface area contributed by atoms with Gasteiger partial charge in [0.05, 0.1) is 17.5 Å². The zero-order valence-corrected chi connectivity index (χ0v) is 18.1. The van der Waals surface area contributed by atoms with Crippen LogP contribution in [0.25, 0.3) is 16.8 Å². The number of nitrogens with one attached hydrogen (secondary N) is 2. The Morgan fingerprint density at radius 1 is 1.00 bits per heavy atom. The molecule has 0 radical (unpaired) electrons. The van der Waals surface area contributed by atoms with E-state index in [4.69, 9.17) is 0 Å². The van der Waals surface area contributed by atoms with Crippen molar-refractivity contribution >= 4 is 17.2 Å². The summed E-state index contributed by atoms with van der Waals surface area (Å²) in [5, 5.41) is 10.7. The first-order chi connectivity index (χ1) is 15.0. The molecule has 4 rings (SSSR count).